The zero-order valence-corrected chi connectivity index (χ0v) is 21.3. The van der Waals surface area contributed by atoms with Crippen LogP contribution in [0.1, 0.15) is 37.0 Å². The number of ether oxygens (including phenoxy) is 1. The summed E-state index contributed by atoms with van der Waals surface area (Å²) in [6, 6.07) is 10.1. The standard InChI is InChI=1S/C27H28ClN3O4S/c28-16-6-4-9-18(14-16)30-24(32)21-20-11-12-27(35-20)22(21)26(34)31(15-19-10-5-13-36-19)23(27)25(33)29-17-7-2-1-3-8-17/h4-6,9-14,17,20-23H,1-3,7-8,15H2,(H,29,33)(H,30,32)/t20-,21+,22-,23-,27-/m1/s1. The van der Waals surface area contributed by atoms with Gasteiger partial charge >= 0.3 is 0 Å². The summed E-state index contributed by atoms with van der Waals surface area (Å²) in [6.45, 7) is 0.308. The molecule has 1 saturated carbocycles. The van der Waals surface area contributed by atoms with Crippen molar-refractivity contribution in [2.75, 3.05) is 5.32 Å². The Morgan fingerprint density at radius 1 is 1.14 bits per heavy atom. The van der Waals surface area contributed by atoms with E-state index in [2.05, 4.69) is 10.6 Å². The number of rotatable bonds is 6. The molecule has 1 aromatic carbocycles. The highest BCUT2D eigenvalue weighted by Crippen LogP contribution is 2.55. The molecule has 2 aromatic rings. The van der Waals surface area contributed by atoms with Crippen molar-refractivity contribution in [2.24, 2.45) is 11.8 Å². The highest BCUT2D eigenvalue weighted by molar-refractivity contribution is 7.09. The second-order valence-electron chi connectivity index (χ2n) is 10.1. The van der Waals surface area contributed by atoms with Crippen LogP contribution in [0.15, 0.2) is 53.9 Å². The van der Waals surface area contributed by atoms with Crippen molar-refractivity contribution in [1.82, 2.24) is 10.2 Å². The Morgan fingerprint density at radius 2 is 1.97 bits per heavy atom. The maximum atomic E-state index is 14.0. The fourth-order valence-electron chi connectivity index (χ4n) is 6.33. The molecule has 1 aliphatic carbocycles. The van der Waals surface area contributed by atoms with Gasteiger partial charge in [0, 0.05) is 21.6 Å². The molecule has 3 aliphatic heterocycles. The van der Waals surface area contributed by atoms with Crippen LogP contribution < -0.4 is 10.6 Å². The van der Waals surface area contributed by atoms with Crippen LogP contribution in [0.2, 0.25) is 5.02 Å². The lowest BCUT2D eigenvalue weighted by Crippen LogP contribution is -2.56. The molecule has 7 nitrogen and oxygen atoms in total. The smallest absolute Gasteiger partial charge is 0.246 e. The van der Waals surface area contributed by atoms with E-state index in [0.717, 1.165) is 30.6 Å². The van der Waals surface area contributed by atoms with Gasteiger partial charge in [0.2, 0.25) is 17.7 Å². The van der Waals surface area contributed by atoms with E-state index in [0.29, 0.717) is 17.3 Å². The van der Waals surface area contributed by atoms with Crippen molar-refractivity contribution in [3.63, 3.8) is 0 Å². The number of hydrogen-bond donors (Lipinski definition) is 2. The van der Waals surface area contributed by atoms with Gasteiger partial charge in [-0.2, -0.15) is 0 Å². The number of fused-ring (bicyclic) bond motifs is 1. The van der Waals surface area contributed by atoms with E-state index < -0.39 is 29.6 Å². The van der Waals surface area contributed by atoms with Crippen molar-refractivity contribution in [3.05, 3.63) is 63.8 Å². The van der Waals surface area contributed by atoms with E-state index in [4.69, 9.17) is 16.3 Å². The Balaban J connectivity index is 1.32. The molecule has 0 unspecified atom stereocenters. The van der Waals surface area contributed by atoms with Crippen LogP contribution in [-0.4, -0.2) is 46.4 Å². The normalized spacial score (nSPS) is 31.0. The summed E-state index contributed by atoms with van der Waals surface area (Å²) >= 11 is 7.63. The van der Waals surface area contributed by atoms with Gasteiger partial charge in [0.25, 0.3) is 0 Å². The van der Waals surface area contributed by atoms with Gasteiger partial charge in [0.05, 0.1) is 24.5 Å². The van der Waals surface area contributed by atoms with Crippen molar-refractivity contribution < 1.29 is 19.1 Å². The lowest BCUT2D eigenvalue weighted by atomic mass is 9.74. The van der Waals surface area contributed by atoms with Gasteiger partial charge in [-0.15, -0.1) is 11.3 Å². The molecule has 188 valence electrons. The van der Waals surface area contributed by atoms with Crippen LogP contribution in [0.4, 0.5) is 5.69 Å². The predicted octanol–water partition coefficient (Wildman–Crippen LogP) is 4.14. The van der Waals surface area contributed by atoms with Gasteiger partial charge in [-0.3, -0.25) is 14.4 Å². The Hall–Kier alpha value is -2.68. The van der Waals surface area contributed by atoms with Crippen molar-refractivity contribution >= 4 is 46.3 Å². The molecule has 4 aliphatic rings. The number of anilines is 1. The molecule has 6 rings (SSSR count). The maximum Gasteiger partial charge on any atom is 0.246 e. The average Bonchev–Trinajstić information content (AvgIpc) is 3.63. The number of nitrogens with zero attached hydrogens (tertiary/aromatic N) is 1. The monoisotopic (exact) mass is 525 g/mol. The highest BCUT2D eigenvalue weighted by Gasteiger charge is 2.72. The van der Waals surface area contributed by atoms with Crippen molar-refractivity contribution in [2.45, 2.75) is 62.4 Å². The molecule has 1 spiro atoms. The van der Waals surface area contributed by atoms with E-state index in [-0.39, 0.29) is 23.8 Å². The van der Waals surface area contributed by atoms with Gasteiger partial charge in [0.1, 0.15) is 11.6 Å². The van der Waals surface area contributed by atoms with Crippen LogP contribution in [0.3, 0.4) is 0 Å². The molecule has 5 atom stereocenters. The molecule has 0 radical (unpaired) electrons. The second kappa shape index (κ2) is 9.32. The quantitative estimate of drug-likeness (QED) is 0.555. The zero-order chi connectivity index (χ0) is 24.9. The summed E-state index contributed by atoms with van der Waals surface area (Å²) in [4.78, 5) is 43.8. The highest BCUT2D eigenvalue weighted by atomic mass is 35.5. The van der Waals surface area contributed by atoms with E-state index >= 15 is 0 Å². The molecule has 2 N–H and O–H groups in total. The first kappa shape index (κ1) is 23.7. The minimum absolute atomic E-state index is 0.102. The Bertz CT molecular complexity index is 1210. The Kier molecular flexibility index (Phi) is 6.14. The van der Waals surface area contributed by atoms with Crippen LogP contribution in [0, 0.1) is 11.8 Å². The van der Waals surface area contributed by atoms with Gasteiger partial charge < -0.3 is 20.3 Å². The van der Waals surface area contributed by atoms with Crippen LogP contribution in [0.25, 0.3) is 0 Å². The number of amides is 3. The van der Waals surface area contributed by atoms with Crippen molar-refractivity contribution in [1.29, 1.82) is 0 Å². The number of thiophene rings is 1. The number of hydrogen-bond acceptors (Lipinski definition) is 5. The molecular formula is C27H28ClN3O4S. The van der Waals surface area contributed by atoms with Gasteiger partial charge in [0.15, 0.2) is 0 Å². The Labute approximate surface area is 218 Å². The summed E-state index contributed by atoms with van der Waals surface area (Å²) in [5.41, 5.74) is -0.602. The number of nitrogens with one attached hydrogen (secondary N) is 2. The number of carbonyl (C=O) groups excluding carboxylic acids is 3. The van der Waals surface area contributed by atoms with Crippen LogP contribution >= 0.6 is 22.9 Å². The average molecular weight is 526 g/mol. The van der Waals surface area contributed by atoms with E-state index in [1.165, 1.54) is 6.42 Å². The third kappa shape index (κ3) is 3.96. The first-order valence-electron chi connectivity index (χ1n) is 12.5. The molecule has 2 bridgehead atoms. The van der Waals surface area contributed by atoms with E-state index in [1.54, 1.807) is 40.5 Å². The number of likely N-dealkylation sites (tertiary alicyclic amines) is 1. The van der Waals surface area contributed by atoms with Crippen LogP contribution in [0.5, 0.6) is 0 Å². The molecule has 9 heteroatoms. The van der Waals surface area contributed by atoms with Crippen LogP contribution in [-0.2, 0) is 25.7 Å². The molecule has 1 aromatic heterocycles. The van der Waals surface area contributed by atoms with Crippen molar-refractivity contribution in [3.8, 4) is 0 Å². The lowest BCUT2D eigenvalue weighted by Gasteiger charge is -2.34. The minimum Gasteiger partial charge on any atom is -0.359 e. The SMILES string of the molecule is O=C(Nc1cccc(Cl)c1)[C@H]1[C@H]2C=C[C@@]3(O2)[C@H]1C(=O)N(Cc1cccs1)[C@@H]3C(=O)NC1CCCCC1. The van der Waals surface area contributed by atoms with Gasteiger partial charge in [-0.05, 0) is 42.5 Å². The summed E-state index contributed by atoms with van der Waals surface area (Å²) in [5.74, 6) is -2.23. The summed E-state index contributed by atoms with van der Waals surface area (Å²) in [5, 5.41) is 8.58. The fraction of sp³-hybridized carbons (Fsp3) is 0.444. The summed E-state index contributed by atoms with van der Waals surface area (Å²) in [7, 11) is 0. The molecular weight excluding hydrogens is 498 g/mol. The fourth-order valence-corrected chi connectivity index (χ4v) is 7.22. The van der Waals surface area contributed by atoms with Gasteiger partial charge in [-0.1, -0.05) is 55.1 Å². The third-order valence-corrected chi connectivity index (χ3v) is 8.97. The number of halogens is 1. The summed E-state index contributed by atoms with van der Waals surface area (Å²) in [6.07, 6.45) is 8.37. The van der Waals surface area contributed by atoms with E-state index in [1.807, 2.05) is 29.7 Å². The first-order valence-corrected chi connectivity index (χ1v) is 13.8. The number of carbonyl (C=O) groups is 3. The zero-order valence-electron chi connectivity index (χ0n) is 19.7. The first-order chi connectivity index (χ1) is 17.5. The van der Waals surface area contributed by atoms with E-state index in [9.17, 15) is 14.4 Å². The third-order valence-electron chi connectivity index (χ3n) is 7.88. The largest absolute Gasteiger partial charge is 0.359 e. The topological polar surface area (TPSA) is 87.7 Å². The molecule has 2 saturated heterocycles. The predicted molar refractivity (Wildman–Crippen MR) is 137 cm³/mol. The molecule has 3 amide bonds. The molecule has 36 heavy (non-hydrogen) atoms. The minimum atomic E-state index is -1.16. The maximum absolute atomic E-state index is 14.0. The summed E-state index contributed by atoms with van der Waals surface area (Å²) < 4.78 is 6.40. The second-order valence-corrected chi connectivity index (χ2v) is 11.6. The number of benzene rings is 1. The van der Waals surface area contributed by atoms with Gasteiger partial charge in [-0.25, -0.2) is 0 Å². The lowest BCUT2D eigenvalue weighted by molar-refractivity contribution is -0.142. The molecule has 3 fully saturated rings. The Morgan fingerprint density at radius 3 is 2.72 bits per heavy atom. The molecule has 4 heterocycles.